The second-order valence-corrected chi connectivity index (χ2v) is 5.60. The zero-order valence-corrected chi connectivity index (χ0v) is 14.7. The number of halogens is 1. The van der Waals surface area contributed by atoms with Gasteiger partial charge in [-0.3, -0.25) is 5.10 Å². The average molecular weight is 356 g/mol. The number of benzene rings is 2. The van der Waals surface area contributed by atoms with E-state index in [1.54, 1.807) is 12.1 Å². The molecule has 7 heteroatoms. The molecule has 0 fully saturated rings. The Morgan fingerprint density at radius 1 is 1.04 bits per heavy atom. The van der Waals surface area contributed by atoms with Crippen LogP contribution in [-0.4, -0.2) is 28.4 Å². The van der Waals surface area contributed by atoms with Crippen molar-refractivity contribution < 1.29 is 13.9 Å². The first-order valence-corrected chi connectivity index (χ1v) is 8.45. The maximum atomic E-state index is 13.1. The predicted molar refractivity (Wildman–Crippen MR) is 96.6 cm³/mol. The van der Waals surface area contributed by atoms with Crippen molar-refractivity contribution in [1.29, 1.82) is 0 Å². The van der Waals surface area contributed by atoms with E-state index in [1.807, 2.05) is 32.0 Å². The van der Waals surface area contributed by atoms with Gasteiger partial charge in [-0.05, 0) is 55.8 Å². The summed E-state index contributed by atoms with van der Waals surface area (Å²) in [7, 11) is 0. The molecule has 0 aliphatic rings. The van der Waals surface area contributed by atoms with Crippen LogP contribution in [0.2, 0.25) is 0 Å². The average Bonchev–Trinajstić information content (AvgIpc) is 3.13. The Hall–Kier alpha value is -2.93. The van der Waals surface area contributed by atoms with Crippen LogP contribution in [0.5, 0.6) is 11.5 Å². The summed E-state index contributed by atoms with van der Waals surface area (Å²) in [6.07, 6.45) is 0. The van der Waals surface area contributed by atoms with Gasteiger partial charge in [0.25, 0.3) is 0 Å². The maximum Gasteiger partial charge on any atom is 0.181 e. The zero-order valence-electron chi connectivity index (χ0n) is 14.7. The Labute approximate surface area is 151 Å². The first kappa shape index (κ1) is 17.9. The quantitative estimate of drug-likeness (QED) is 0.677. The van der Waals surface area contributed by atoms with Crippen LogP contribution in [0.1, 0.15) is 31.3 Å². The van der Waals surface area contributed by atoms with Crippen molar-refractivity contribution in [1.82, 2.24) is 15.2 Å². The van der Waals surface area contributed by atoms with Crippen LogP contribution >= 0.6 is 0 Å². The van der Waals surface area contributed by atoms with Crippen LogP contribution in [0.4, 0.5) is 4.39 Å². The van der Waals surface area contributed by atoms with Gasteiger partial charge in [-0.25, -0.2) is 9.37 Å². The molecule has 0 unspecified atom stereocenters. The number of hydrogen-bond donors (Lipinski definition) is 2. The molecule has 3 N–H and O–H groups in total. The van der Waals surface area contributed by atoms with Gasteiger partial charge in [-0.15, -0.1) is 0 Å². The Morgan fingerprint density at radius 2 is 1.73 bits per heavy atom. The van der Waals surface area contributed by atoms with E-state index in [1.165, 1.54) is 12.1 Å². The van der Waals surface area contributed by atoms with Gasteiger partial charge < -0.3 is 15.2 Å². The van der Waals surface area contributed by atoms with Crippen molar-refractivity contribution in [3.63, 3.8) is 0 Å². The summed E-state index contributed by atoms with van der Waals surface area (Å²) in [5, 5.41) is 7.03. The summed E-state index contributed by atoms with van der Waals surface area (Å²) in [6.45, 7) is 4.90. The highest BCUT2D eigenvalue weighted by Gasteiger charge is 2.17. The molecule has 1 atom stereocenters. The van der Waals surface area contributed by atoms with E-state index in [0.29, 0.717) is 41.9 Å². The number of hydrogen-bond acceptors (Lipinski definition) is 5. The number of rotatable bonds is 7. The number of ether oxygens (including phenoxy) is 2. The van der Waals surface area contributed by atoms with Crippen molar-refractivity contribution in [2.75, 3.05) is 13.2 Å². The molecule has 26 heavy (non-hydrogen) atoms. The lowest BCUT2D eigenvalue weighted by Gasteiger charge is -2.14. The Balaban J connectivity index is 1.86. The SMILES string of the molecule is CCOc1ccc([C@H](N)c2nc(-c3ccc(F)cc3)n[nH]2)cc1OCC. The Morgan fingerprint density at radius 3 is 2.42 bits per heavy atom. The van der Waals surface area contributed by atoms with Gasteiger partial charge >= 0.3 is 0 Å². The number of nitrogens with two attached hydrogens (primary N) is 1. The Kier molecular flexibility index (Phi) is 5.48. The lowest BCUT2D eigenvalue weighted by atomic mass is 10.1. The molecule has 0 aliphatic heterocycles. The number of aromatic amines is 1. The molecule has 0 bridgehead atoms. The molecule has 0 amide bonds. The maximum absolute atomic E-state index is 13.1. The van der Waals surface area contributed by atoms with E-state index in [2.05, 4.69) is 15.2 Å². The number of H-pyrrole nitrogens is 1. The third-order valence-electron chi connectivity index (χ3n) is 3.83. The van der Waals surface area contributed by atoms with Crippen molar-refractivity contribution in [2.24, 2.45) is 5.73 Å². The highest BCUT2D eigenvalue weighted by Crippen LogP contribution is 2.31. The van der Waals surface area contributed by atoms with E-state index in [4.69, 9.17) is 15.2 Å². The van der Waals surface area contributed by atoms with Crippen LogP contribution in [0.15, 0.2) is 42.5 Å². The molecular weight excluding hydrogens is 335 g/mol. The van der Waals surface area contributed by atoms with Gasteiger partial charge in [-0.2, -0.15) is 5.10 Å². The van der Waals surface area contributed by atoms with Crippen molar-refractivity contribution >= 4 is 0 Å². The molecule has 6 nitrogen and oxygen atoms in total. The number of nitrogens with zero attached hydrogens (tertiary/aromatic N) is 2. The zero-order chi connectivity index (χ0) is 18.5. The van der Waals surface area contributed by atoms with E-state index in [0.717, 1.165) is 5.56 Å². The van der Waals surface area contributed by atoms with Crippen molar-refractivity contribution in [2.45, 2.75) is 19.9 Å². The molecule has 0 radical (unpaired) electrons. The third-order valence-corrected chi connectivity index (χ3v) is 3.83. The standard InChI is InChI=1S/C19H21FN4O2/c1-3-25-15-10-7-13(11-16(15)26-4-2)17(21)19-22-18(23-24-19)12-5-8-14(20)9-6-12/h5-11,17H,3-4,21H2,1-2H3,(H,22,23,24)/t17-/m0/s1. The van der Waals surface area contributed by atoms with Crippen LogP contribution in [0.25, 0.3) is 11.4 Å². The fourth-order valence-corrected chi connectivity index (χ4v) is 2.56. The molecule has 1 heterocycles. The van der Waals surface area contributed by atoms with E-state index >= 15 is 0 Å². The smallest absolute Gasteiger partial charge is 0.181 e. The first-order valence-electron chi connectivity index (χ1n) is 8.45. The van der Waals surface area contributed by atoms with Gasteiger partial charge in [0.2, 0.25) is 0 Å². The van der Waals surface area contributed by atoms with Crippen molar-refractivity contribution in [3.05, 3.63) is 59.7 Å². The number of aromatic nitrogens is 3. The molecule has 0 aliphatic carbocycles. The highest BCUT2D eigenvalue weighted by molar-refractivity contribution is 5.54. The molecule has 136 valence electrons. The van der Waals surface area contributed by atoms with Crippen LogP contribution in [0.3, 0.4) is 0 Å². The molecular formula is C19H21FN4O2. The van der Waals surface area contributed by atoms with Gasteiger partial charge in [0.1, 0.15) is 11.6 Å². The van der Waals surface area contributed by atoms with Crippen LogP contribution < -0.4 is 15.2 Å². The van der Waals surface area contributed by atoms with E-state index in [9.17, 15) is 4.39 Å². The van der Waals surface area contributed by atoms with Crippen molar-refractivity contribution in [3.8, 4) is 22.9 Å². The van der Waals surface area contributed by atoms with E-state index < -0.39 is 6.04 Å². The molecule has 2 aromatic carbocycles. The highest BCUT2D eigenvalue weighted by atomic mass is 19.1. The summed E-state index contributed by atoms with van der Waals surface area (Å²) >= 11 is 0. The lowest BCUT2D eigenvalue weighted by Crippen LogP contribution is -2.14. The second-order valence-electron chi connectivity index (χ2n) is 5.60. The summed E-state index contributed by atoms with van der Waals surface area (Å²) in [5.74, 6) is 1.98. The lowest BCUT2D eigenvalue weighted by molar-refractivity contribution is 0.287. The molecule has 3 rings (SSSR count). The fourth-order valence-electron chi connectivity index (χ4n) is 2.56. The summed E-state index contributed by atoms with van der Waals surface area (Å²) in [5.41, 5.74) is 7.86. The third kappa shape index (κ3) is 3.83. The normalized spacial score (nSPS) is 12.0. The topological polar surface area (TPSA) is 86.0 Å². The summed E-state index contributed by atoms with van der Waals surface area (Å²) in [4.78, 5) is 4.43. The van der Waals surface area contributed by atoms with Gasteiger partial charge in [0.05, 0.1) is 19.3 Å². The minimum atomic E-state index is -0.508. The summed E-state index contributed by atoms with van der Waals surface area (Å²) < 4.78 is 24.3. The van der Waals surface area contributed by atoms with Crippen LogP contribution in [0, 0.1) is 5.82 Å². The largest absolute Gasteiger partial charge is 0.490 e. The first-order chi connectivity index (χ1) is 12.6. The molecule has 1 aromatic heterocycles. The summed E-state index contributed by atoms with van der Waals surface area (Å²) in [6, 6.07) is 11.0. The van der Waals surface area contributed by atoms with Gasteiger partial charge in [0.15, 0.2) is 17.3 Å². The second kappa shape index (κ2) is 7.97. The number of nitrogens with one attached hydrogen (secondary N) is 1. The minimum Gasteiger partial charge on any atom is -0.490 e. The Bertz CT molecular complexity index is 864. The minimum absolute atomic E-state index is 0.306. The monoisotopic (exact) mass is 356 g/mol. The van der Waals surface area contributed by atoms with Gasteiger partial charge in [0, 0.05) is 5.56 Å². The molecule has 0 saturated heterocycles. The van der Waals surface area contributed by atoms with Gasteiger partial charge in [-0.1, -0.05) is 6.07 Å². The molecule has 3 aromatic rings. The predicted octanol–water partition coefficient (Wildman–Crippen LogP) is 3.46. The van der Waals surface area contributed by atoms with E-state index in [-0.39, 0.29) is 5.82 Å². The molecule has 0 spiro atoms. The van der Waals surface area contributed by atoms with Crippen LogP contribution in [-0.2, 0) is 0 Å². The fraction of sp³-hybridized carbons (Fsp3) is 0.263. The molecule has 0 saturated carbocycles.